The van der Waals surface area contributed by atoms with Crippen LogP contribution in [0.5, 0.6) is 0 Å². The minimum absolute atomic E-state index is 0.463. The maximum Gasteiger partial charge on any atom is 0.0813 e. The number of hydrogen-bond acceptors (Lipinski definition) is 3. The van der Waals surface area contributed by atoms with E-state index in [4.69, 9.17) is 0 Å². The molecule has 2 aliphatic rings. The van der Waals surface area contributed by atoms with Crippen molar-refractivity contribution in [1.29, 1.82) is 0 Å². The summed E-state index contributed by atoms with van der Waals surface area (Å²) in [5.74, 6) is 0. The third-order valence-corrected chi connectivity index (χ3v) is 6.31. The van der Waals surface area contributed by atoms with Gasteiger partial charge < -0.3 is 14.9 Å². The molecule has 0 saturated carbocycles. The topological polar surface area (TPSA) is 26.7 Å². The Morgan fingerprint density at radius 2 is 1.64 bits per heavy atom. The molecule has 0 amide bonds. The standard InChI is InChI=1S/C22H30N2O/c1-3-23(4-2)16-22(25)14-18-12-13-19(15-22)24(18)21-11-7-9-17-8-5-6-10-20(17)21/h5-11,18-19,25H,3-4,12-16H2,1-2H3. The molecule has 0 radical (unpaired) electrons. The van der Waals surface area contributed by atoms with Crippen molar-refractivity contribution in [1.82, 2.24) is 4.90 Å². The summed E-state index contributed by atoms with van der Waals surface area (Å²) in [6.07, 6.45) is 4.19. The molecule has 2 fully saturated rings. The molecule has 0 aliphatic carbocycles. The van der Waals surface area contributed by atoms with Gasteiger partial charge in [-0.1, -0.05) is 50.2 Å². The molecule has 2 aromatic carbocycles. The fourth-order valence-electron chi connectivity index (χ4n) is 5.14. The van der Waals surface area contributed by atoms with E-state index in [-0.39, 0.29) is 0 Å². The van der Waals surface area contributed by atoms with Crippen LogP contribution in [0.25, 0.3) is 10.8 Å². The largest absolute Gasteiger partial charge is 0.388 e. The summed E-state index contributed by atoms with van der Waals surface area (Å²) < 4.78 is 0. The highest BCUT2D eigenvalue weighted by molar-refractivity contribution is 5.94. The molecule has 3 nitrogen and oxygen atoms in total. The maximum atomic E-state index is 11.3. The van der Waals surface area contributed by atoms with Gasteiger partial charge in [-0.05, 0) is 50.2 Å². The second kappa shape index (κ2) is 6.62. The van der Waals surface area contributed by atoms with E-state index in [9.17, 15) is 5.11 Å². The van der Waals surface area contributed by atoms with Crippen LogP contribution in [0.15, 0.2) is 42.5 Å². The number of hydrogen-bond donors (Lipinski definition) is 1. The van der Waals surface area contributed by atoms with Crippen molar-refractivity contribution in [3.63, 3.8) is 0 Å². The molecule has 2 bridgehead atoms. The summed E-state index contributed by atoms with van der Waals surface area (Å²) in [5.41, 5.74) is 0.828. The normalized spacial score (nSPS) is 28.9. The molecule has 2 heterocycles. The molecule has 2 unspecified atom stereocenters. The van der Waals surface area contributed by atoms with Gasteiger partial charge >= 0.3 is 0 Å². The minimum atomic E-state index is -0.529. The van der Waals surface area contributed by atoms with E-state index in [2.05, 4.69) is 66.1 Å². The lowest BCUT2D eigenvalue weighted by molar-refractivity contribution is -0.0259. The number of anilines is 1. The summed E-state index contributed by atoms with van der Waals surface area (Å²) in [4.78, 5) is 4.99. The van der Waals surface area contributed by atoms with E-state index in [0.29, 0.717) is 12.1 Å². The molecule has 4 rings (SSSR count). The molecule has 134 valence electrons. The van der Waals surface area contributed by atoms with Crippen molar-refractivity contribution in [3.05, 3.63) is 42.5 Å². The van der Waals surface area contributed by atoms with Crippen molar-refractivity contribution in [2.24, 2.45) is 0 Å². The zero-order valence-corrected chi connectivity index (χ0v) is 15.5. The first-order valence-electron chi connectivity index (χ1n) is 9.84. The number of rotatable bonds is 5. The summed E-state index contributed by atoms with van der Waals surface area (Å²) in [5, 5.41) is 13.9. The van der Waals surface area contributed by atoms with E-state index < -0.39 is 5.60 Å². The molecule has 2 atom stereocenters. The first-order chi connectivity index (χ1) is 12.1. The van der Waals surface area contributed by atoms with Crippen LogP contribution in [0.4, 0.5) is 5.69 Å². The molecule has 2 aromatic rings. The summed E-state index contributed by atoms with van der Waals surface area (Å²) in [7, 11) is 0. The van der Waals surface area contributed by atoms with Gasteiger partial charge in [0.1, 0.15) is 0 Å². The smallest absolute Gasteiger partial charge is 0.0813 e. The Bertz CT molecular complexity index is 720. The third kappa shape index (κ3) is 3.04. The van der Waals surface area contributed by atoms with E-state index in [1.54, 1.807) is 0 Å². The Kier molecular flexibility index (Phi) is 4.47. The highest BCUT2D eigenvalue weighted by Crippen LogP contribution is 2.45. The second-order valence-electron chi connectivity index (χ2n) is 7.88. The van der Waals surface area contributed by atoms with Crippen molar-refractivity contribution >= 4 is 16.5 Å². The van der Waals surface area contributed by atoms with E-state index in [0.717, 1.165) is 32.5 Å². The van der Waals surface area contributed by atoms with Gasteiger partial charge in [0, 0.05) is 29.7 Å². The first kappa shape index (κ1) is 16.9. The van der Waals surface area contributed by atoms with E-state index in [1.165, 1.54) is 29.3 Å². The second-order valence-corrected chi connectivity index (χ2v) is 7.88. The van der Waals surface area contributed by atoms with Crippen LogP contribution in [0.2, 0.25) is 0 Å². The van der Waals surface area contributed by atoms with Crippen LogP contribution in [0, 0.1) is 0 Å². The Morgan fingerprint density at radius 1 is 1.00 bits per heavy atom. The number of fused-ring (bicyclic) bond motifs is 3. The number of aliphatic hydroxyl groups is 1. The van der Waals surface area contributed by atoms with Crippen molar-refractivity contribution in [2.75, 3.05) is 24.5 Å². The molecule has 1 N–H and O–H groups in total. The van der Waals surface area contributed by atoms with Gasteiger partial charge in [0.15, 0.2) is 0 Å². The van der Waals surface area contributed by atoms with Crippen LogP contribution in [0.3, 0.4) is 0 Å². The van der Waals surface area contributed by atoms with Gasteiger partial charge in [0.05, 0.1) is 5.60 Å². The molecular formula is C22H30N2O. The van der Waals surface area contributed by atoms with Crippen LogP contribution in [-0.2, 0) is 0 Å². The monoisotopic (exact) mass is 338 g/mol. The van der Waals surface area contributed by atoms with Gasteiger partial charge in [-0.3, -0.25) is 0 Å². The van der Waals surface area contributed by atoms with Gasteiger partial charge in [-0.25, -0.2) is 0 Å². The van der Waals surface area contributed by atoms with Gasteiger partial charge in [-0.2, -0.15) is 0 Å². The molecular weight excluding hydrogens is 308 g/mol. The van der Waals surface area contributed by atoms with Gasteiger partial charge in [0.2, 0.25) is 0 Å². The maximum absolute atomic E-state index is 11.3. The highest BCUT2D eigenvalue weighted by Gasteiger charge is 2.48. The number of nitrogens with zero attached hydrogens (tertiary/aromatic N) is 2. The predicted octanol–water partition coefficient (Wildman–Crippen LogP) is 4.04. The molecule has 3 heteroatoms. The Labute approximate surface area is 151 Å². The molecule has 2 saturated heterocycles. The van der Waals surface area contributed by atoms with Crippen LogP contribution >= 0.6 is 0 Å². The minimum Gasteiger partial charge on any atom is -0.388 e. The quantitative estimate of drug-likeness (QED) is 0.891. The van der Waals surface area contributed by atoms with E-state index >= 15 is 0 Å². The molecule has 2 aliphatic heterocycles. The molecule has 0 spiro atoms. The van der Waals surface area contributed by atoms with Crippen molar-refractivity contribution in [3.8, 4) is 0 Å². The summed E-state index contributed by atoms with van der Waals surface area (Å²) in [6, 6.07) is 16.2. The predicted molar refractivity (Wildman–Crippen MR) is 105 cm³/mol. The zero-order chi connectivity index (χ0) is 17.4. The lowest BCUT2D eigenvalue weighted by atomic mass is 9.85. The lowest BCUT2D eigenvalue weighted by Crippen LogP contribution is -2.55. The highest BCUT2D eigenvalue weighted by atomic mass is 16.3. The Morgan fingerprint density at radius 3 is 2.32 bits per heavy atom. The fourth-order valence-corrected chi connectivity index (χ4v) is 5.14. The Balaban J connectivity index is 1.62. The zero-order valence-electron chi connectivity index (χ0n) is 15.5. The van der Waals surface area contributed by atoms with Crippen molar-refractivity contribution < 1.29 is 5.11 Å². The van der Waals surface area contributed by atoms with Crippen LogP contribution in [0.1, 0.15) is 39.5 Å². The van der Waals surface area contributed by atoms with Crippen molar-refractivity contribution in [2.45, 2.75) is 57.2 Å². The number of likely N-dealkylation sites (N-methyl/N-ethyl adjacent to an activating group) is 1. The third-order valence-electron chi connectivity index (χ3n) is 6.31. The molecule has 0 aromatic heterocycles. The Hall–Kier alpha value is -1.58. The molecule has 25 heavy (non-hydrogen) atoms. The van der Waals surface area contributed by atoms with Crippen LogP contribution in [-0.4, -0.2) is 47.3 Å². The summed E-state index contributed by atoms with van der Waals surface area (Å²) >= 11 is 0. The first-order valence-corrected chi connectivity index (χ1v) is 9.84. The number of benzene rings is 2. The van der Waals surface area contributed by atoms with Crippen LogP contribution < -0.4 is 4.90 Å². The van der Waals surface area contributed by atoms with Gasteiger partial charge in [-0.15, -0.1) is 0 Å². The van der Waals surface area contributed by atoms with Gasteiger partial charge in [0.25, 0.3) is 0 Å². The summed E-state index contributed by atoms with van der Waals surface area (Å²) in [6.45, 7) is 7.22. The lowest BCUT2D eigenvalue weighted by Gasteiger charge is -2.46. The SMILES string of the molecule is CCN(CC)CC1(O)CC2CCC(C1)N2c1cccc2ccccc12. The van der Waals surface area contributed by atoms with E-state index in [1.807, 2.05) is 0 Å². The fraction of sp³-hybridized carbons (Fsp3) is 0.545. The number of piperidine rings is 1. The average Bonchev–Trinajstić information content (AvgIpc) is 2.91. The average molecular weight is 338 g/mol.